The summed E-state index contributed by atoms with van der Waals surface area (Å²) in [6, 6.07) is 5.95. The second-order valence-corrected chi connectivity index (χ2v) is 3.77. The highest BCUT2D eigenvalue weighted by atomic mass is 16.6. The van der Waals surface area contributed by atoms with Crippen LogP contribution in [0.15, 0.2) is 29.3 Å². The van der Waals surface area contributed by atoms with Gasteiger partial charge in [0.2, 0.25) is 0 Å². The van der Waals surface area contributed by atoms with Crippen LogP contribution in [-0.2, 0) is 10.3 Å². The SMILES string of the molecule is CC(=O)[C@@]1(c2ccc([N+](=O)[O-])cc2)N=C1C. The molecular formula is C11H10N2O3. The van der Waals surface area contributed by atoms with Crippen LogP contribution in [0.3, 0.4) is 0 Å². The zero-order valence-corrected chi connectivity index (χ0v) is 8.93. The van der Waals surface area contributed by atoms with Crippen LogP contribution in [0.4, 0.5) is 5.69 Å². The summed E-state index contributed by atoms with van der Waals surface area (Å²) in [7, 11) is 0. The standard InChI is InChI=1S/C11H10N2O3/c1-7-11(12-7,8(2)14)9-3-5-10(6-4-9)13(15)16/h3-6H,1-2H3/t11-/m0/s1. The van der Waals surface area contributed by atoms with E-state index in [1.807, 2.05) is 0 Å². The van der Waals surface area contributed by atoms with Gasteiger partial charge in [-0.05, 0) is 31.5 Å². The van der Waals surface area contributed by atoms with Gasteiger partial charge in [-0.2, -0.15) is 0 Å². The van der Waals surface area contributed by atoms with Crippen LogP contribution >= 0.6 is 0 Å². The Kier molecular flexibility index (Phi) is 2.11. The number of nitro groups is 1. The molecule has 0 aliphatic carbocycles. The van der Waals surface area contributed by atoms with Crippen LogP contribution in [0.1, 0.15) is 19.4 Å². The Labute approximate surface area is 92.0 Å². The number of ketones is 1. The summed E-state index contributed by atoms with van der Waals surface area (Å²) in [6.07, 6.45) is 0. The minimum Gasteiger partial charge on any atom is -0.296 e. The summed E-state index contributed by atoms with van der Waals surface area (Å²) in [5.41, 5.74) is 0.632. The van der Waals surface area contributed by atoms with Crippen molar-refractivity contribution in [3.8, 4) is 0 Å². The number of benzene rings is 1. The summed E-state index contributed by atoms with van der Waals surface area (Å²) in [5, 5.41) is 10.5. The molecule has 1 aromatic rings. The number of nitro benzene ring substituents is 1. The highest BCUT2D eigenvalue weighted by Gasteiger charge is 2.50. The van der Waals surface area contributed by atoms with E-state index in [0.717, 1.165) is 5.71 Å². The first-order chi connectivity index (χ1) is 7.48. The number of hydrogen-bond donors (Lipinski definition) is 0. The summed E-state index contributed by atoms with van der Waals surface area (Å²) < 4.78 is 0. The lowest BCUT2D eigenvalue weighted by molar-refractivity contribution is -0.384. The molecule has 1 aromatic carbocycles. The normalized spacial score (nSPS) is 22.5. The van der Waals surface area contributed by atoms with E-state index < -0.39 is 10.5 Å². The van der Waals surface area contributed by atoms with Gasteiger partial charge in [-0.1, -0.05) is 0 Å². The molecule has 16 heavy (non-hydrogen) atoms. The summed E-state index contributed by atoms with van der Waals surface area (Å²) >= 11 is 0. The van der Waals surface area contributed by atoms with Crippen LogP contribution in [-0.4, -0.2) is 16.4 Å². The lowest BCUT2D eigenvalue weighted by Crippen LogP contribution is -2.24. The molecule has 0 radical (unpaired) electrons. The van der Waals surface area contributed by atoms with Gasteiger partial charge in [0.05, 0.1) is 10.6 Å². The third-order valence-electron chi connectivity index (χ3n) is 2.81. The average molecular weight is 218 g/mol. The summed E-state index contributed by atoms with van der Waals surface area (Å²) in [5.74, 6) is -0.0566. The van der Waals surface area contributed by atoms with E-state index in [1.54, 1.807) is 19.1 Å². The first kappa shape index (κ1) is 10.5. The lowest BCUT2D eigenvalue weighted by Gasteiger charge is -2.10. The summed E-state index contributed by atoms with van der Waals surface area (Å²) in [6.45, 7) is 3.25. The van der Waals surface area contributed by atoms with Crippen LogP contribution in [0.5, 0.6) is 0 Å². The van der Waals surface area contributed by atoms with E-state index >= 15 is 0 Å². The Bertz CT molecular complexity index is 504. The second-order valence-electron chi connectivity index (χ2n) is 3.77. The molecule has 1 aliphatic rings. The first-order valence-corrected chi connectivity index (χ1v) is 4.81. The van der Waals surface area contributed by atoms with Crippen molar-refractivity contribution in [3.05, 3.63) is 39.9 Å². The van der Waals surface area contributed by atoms with E-state index in [0.29, 0.717) is 5.56 Å². The van der Waals surface area contributed by atoms with Crippen molar-refractivity contribution in [1.82, 2.24) is 0 Å². The molecule has 82 valence electrons. The maximum atomic E-state index is 11.5. The van der Waals surface area contributed by atoms with Crippen LogP contribution in [0.25, 0.3) is 0 Å². The number of aliphatic imine (C=N–C) groups is 1. The fourth-order valence-electron chi connectivity index (χ4n) is 1.86. The molecule has 0 saturated heterocycles. The zero-order valence-electron chi connectivity index (χ0n) is 8.93. The predicted octanol–water partition coefficient (Wildman–Crippen LogP) is 1.85. The van der Waals surface area contributed by atoms with Gasteiger partial charge in [-0.25, -0.2) is 0 Å². The van der Waals surface area contributed by atoms with Crippen molar-refractivity contribution < 1.29 is 9.72 Å². The average Bonchev–Trinajstić information content (AvgIpc) is 2.92. The lowest BCUT2D eigenvalue weighted by atomic mass is 9.90. The number of hydrogen-bond acceptors (Lipinski definition) is 4. The molecule has 2 rings (SSSR count). The Balaban J connectivity index is 2.36. The molecule has 0 unspecified atom stereocenters. The van der Waals surface area contributed by atoms with E-state index in [1.165, 1.54) is 19.1 Å². The first-order valence-electron chi connectivity index (χ1n) is 4.81. The number of Topliss-reactive ketones (excluding diaryl/α,β-unsaturated/α-hetero) is 1. The van der Waals surface area contributed by atoms with Crippen molar-refractivity contribution in [2.45, 2.75) is 19.4 Å². The molecule has 0 saturated carbocycles. The maximum absolute atomic E-state index is 11.5. The molecule has 0 N–H and O–H groups in total. The Morgan fingerprint density at radius 3 is 2.19 bits per heavy atom. The van der Waals surface area contributed by atoms with Gasteiger partial charge in [0, 0.05) is 12.1 Å². The van der Waals surface area contributed by atoms with Crippen molar-refractivity contribution in [1.29, 1.82) is 0 Å². The van der Waals surface area contributed by atoms with E-state index in [9.17, 15) is 14.9 Å². The molecule has 1 aliphatic heterocycles. The van der Waals surface area contributed by atoms with Gasteiger partial charge in [0.25, 0.3) is 5.69 Å². The zero-order chi connectivity index (χ0) is 11.9. The van der Waals surface area contributed by atoms with Crippen molar-refractivity contribution in [2.75, 3.05) is 0 Å². The van der Waals surface area contributed by atoms with Crippen molar-refractivity contribution in [2.24, 2.45) is 4.99 Å². The number of carbonyl (C=O) groups is 1. The van der Waals surface area contributed by atoms with Crippen LogP contribution in [0, 0.1) is 10.1 Å². The van der Waals surface area contributed by atoms with E-state index in [-0.39, 0.29) is 11.5 Å². The molecule has 0 aromatic heterocycles. The quantitative estimate of drug-likeness (QED) is 0.574. The van der Waals surface area contributed by atoms with E-state index in [4.69, 9.17) is 0 Å². The highest BCUT2D eigenvalue weighted by molar-refractivity contribution is 6.22. The Hall–Kier alpha value is -2.04. The Morgan fingerprint density at radius 1 is 1.38 bits per heavy atom. The fraction of sp³-hybridized carbons (Fsp3) is 0.273. The smallest absolute Gasteiger partial charge is 0.269 e. The van der Waals surface area contributed by atoms with Crippen molar-refractivity contribution in [3.63, 3.8) is 0 Å². The molecule has 1 heterocycles. The van der Waals surface area contributed by atoms with Gasteiger partial charge in [-0.3, -0.25) is 19.9 Å². The molecule has 5 heteroatoms. The minimum atomic E-state index is -0.838. The number of carbonyl (C=O) groups excluding carboxylic acids is 1. The minimum absolute atomic E-state index is 0.0146. The molecule has 1 atom stereocenters. The summed E-state index contributed by atoms with van der Waals surface area (Å²) in [4.78, 5) is 25.7. The second kappa shape index (κ2) is 3.23. The van der Waals surface area contributed by atoms with Gasteiger partial charge in [0.15, 0.2) is 11.3 Å². The molecule has 5 nitrogen and oxygen atoms in total. The van der Waals surface area contributed by atoms with Crippen LogP contribution in [0.2, 0.25) is 0 Å². The van der Waals surface area contributed by atoms with Gasteiger partial charge >= 0.3 is 0 Å². The molecule has 0 amide bonds. The van der Waals surface area contributed by atoms with Gasteiger partial charge < -0.3 is 0 Å². The monoisotopic (exact) mass is 218 g/mol. The van der Waals surface area contributed by atoms with Gasteiger partial charge in [0.1, 0.15) is 0 Å². The topological polar surface area (TPSA) is 72.6 Å². The molecule has 0 spiro atoms. The molecule has 0 fully saturated rings. The predicted molar refractivity (Wildman–Crippen MR) is 58.6 cm³/mol. The number of nitrogens with zero attached hydrogens (tertiary/aromatic N) is 2. The number of non-ortho nitro benzene ring substituents is 1. The third kappa shape index (κ3) is 1.32. The fourth-order valence-corrected chi connectivity index (χ4v) is 1.86. The van der Waals surface area contributed by atoms with E-state index in [2.05, 4.69) is 4.99 Å². The maximum Gasteiger partial charge on any atom is 0.269 e. The van der Waals surface area contributed by atoms with Crippen molar-refractivity contribution >= 4 is 17.2 Å². The molecular weight excluding hydrogens is 208 g/mol. The van der Waals surface area contributed by atoms with Gasteiger partial charge in [-0.15, -0.1) is 0 Å². The third-order valence-corrected chi connectivity index (χ3v) is 2.81. The molecule has 0 bridgehead atoms. The number of rotatable bonds is 3. The highest BCUT2D eigenvalue weighted by Crippen LogP contribution is 2.40. The Morgan fingerprint density at radius 2 is 1.88 bits per heavy atom. The largest absolute Gasteiger partial charge is 0.296 e. The van der Waals surface area contributed by atoms with Crippen LogP contribution < -0.4 is 0 Å².